The second kappa shape index (κ2) is 7.70. The average molecular weight is 416 g/mol. The second-order valence-corrected chi connectivity index (χ2v) is 9.47. The van der Waals surface area contributed by atoms with Gasteiger partial charge in [0.25, 0.3) is 0 Å². The first-order valence-electron chi connectivity index (χ1n) is 9.39. The number of nitrogens with zero attached hydrogens (tertiary/aromatic N) is 2. The molecular formula is C21H22ClN3O2S. The van der Waals surface area contributed by atoms with E-state index in [0.29, 0.717) is 22.3 Å². The molecule has 2 heterocycles. The Labute approximate surface area is 170 Å². The summed E-state index contributed by atoms with van der Waals surface area (Å²) in [5.41, 5.74) is 1.62. The Hall–Kier alpha value is -2.15. The van der Waals surface area contributed by atoms with E-state index in [1.807, 2.05) is 43.3 Å². The van der Waals surface area contributed by atoms with E-state index in [0.717, 1.165) is 35.9 Å². The van der Waals surface area contributed by atoms with Gasteiger partial charge in [0, 0.05) is 28.7 Å². The molecule has 7 heteroatoms. The number of fused-ring (bicyclic) bond motifs is 1. The van der Waals surface area contributed by atoms with E-state index >= 15 is 0 Å². The van der Waals surface area contributed by atoms with Crippen molar-refractivity contribution in [3.8, 4) is 0 Å². The van der Waals surface area contributed by atoms with E-state index in [1.165, 1.54) is 0 Å². The molecule has 1 saturated heterocycles. The van der Waals surface area contributed by atoms with Crippen molar-refractivity contribution in [1.29, 1.82) is 0 Å². The zero-order valence-corrected chi connectivity index (χ0v) is 17.2. The summed E-state index contributed by atoms with van der Waals surface area (Å²) in [6.45, 7) is 2.57. The van der Waals surface area contributed by atoms with Gasteiger partial charge in [0.1, 0.15) is 5.82 Å². The van der Waals surface area contributed by atoms with Crippen LogP contribution in [0.25, 0.3) is 10.9 Å². The maximum atomic E-state index is 13.1. The highest BCUT2D eigenvalue weighted by atomic mass is 35.5. The van der Waals surface area contributed by atoms with E-state index in [-0.39, 0.29) is 6.04 Å². The topological polar surface area (TPSA) is 62.3 Å². The van der Waals surface area contributed by atoms with E-state index in [2.05, 4.69) is 10.3 Å². The van der Waals surface area contributed by atoms with Gasteiger partial charge in [-0.05, 0) is 74.4 Å². The summed E-state index contributed by atoms with van der Waals surface area (Å²) in [4.78, 5) is 4.92. The summed E-state index contributed by atoms with van der Waals surface area (Å²) in [6, 6.07) is 16.3. The molecule has 0 saturated carbocycles. The summed E-state index contributed by atoms with van der Waals surface area (Å²) in [5, 5.41) is 4.70. The molecule has 28 heavy (non-hydrogen) atoms. The lowest BCUT2D eigenvalue weighted by atomic mass is 10.1. The summed E-state index contributed by atoms with van der Waals surface area (Å²) < 4.78 is 27.7. The van der Waals surface area contributed by atoms with Gasteiger partial charge >= 0.3 is 0 Å². The van der Waals surface area contributed by atoms with Gasteiger partial charge in [0.15, 0.2) is 0 Å². The molecule has 1 fully saturated rings. The zero-order chi connectivity index (χ0) is 19.7. The number of rotatable bonds is 4. The van der Waals surface area contributed by atoms with Crippen molar-refractivity contribution in [2.24, 2.45) is 0 Å². The zero-order valence-electron chi connectivity index (χ0n) is 15.6. The van der Waals surface area contributed by atoms with Gasteiger partial charge < -0.3 is 5.32 Å². The number of anilines is 2. The third kappa shape index (κ3) is 3.85. The summed E-state index contributed by atoms with van der Waals surface area (Å²) in [7, 11) is -3.49. The van der Waals surface area contributed by atoms with Gasteiger partial charge in [-0.1, -0.05) is 18.0 Å². The number of pyridine rings is 1. The molecule has 1 aliphatic heterocycles. The molecule has 0 amide bonds. The van der Waals surface area contributed by atoms with Crippen LogP contribution < -0.4 is 5.32 Å². The largest absolute Gasteiger partial charge is 0.340 e. The quantitative estimate of drug-likeness (QED) is 0.636. The number of sulfonamides is 1. The van der Waals surface area contributed by atoms with Crippen molar-refractivity contribution in [3.05, 3.63) is 59.6 Å². The fourth-order valence-corrected chi connectivity index (χ4v) is 5.44. The van der Waals surface area contributed by atoms with Gasteiger partial charge in [0.2, 0.25) is 10.0 Å². The lowest BCUT2D eigenvalue weighted by molar-refractivity contribution is 0.268. The van der Waals surface area contributed by atoms with Crippen LogP contribution in [0.4, 0.5) is 11.5 Å². The Kier molecular flexibility index (Phi) is 5.27. The first kappa shape index (κ1) is 19.2. The number of hydrogen-bond acceptors (Lipinski definition) is 4. The molecule has 1 atom stereocenters. The molecule has 1 aromatic heterocycles. The van der Waals surface area contributed by atoms with Crippen LogP contribution in [0.15, 0.2) is 59.5 Å². The Balaban J connectivity index is 1.62. The van der Waals surface area contributed by atoms with Gasteiger partial charge in [-0.15, -0.1) is 0 Å². The molecule has 0 radical (unpaired) electrons. The summed E-state index contributed by atoms with van der Waals surface area (Å²) in [5.74, 6) is 0.690. The second-order valence-electron chi connectivity index (χ2n) is 7.14. The Bertz CT molecular complexity index is 1100. The normalized spacial score (nSPS) is 18.3. The monoisotopic (exact) mass is 415 g/mol. The van der Waals surface area contributed by atoms with Crippen molar-refractivity contribution in [2.45, 2.75) is 37.1 Å². The Morgan fingerprint density at radius 1 is 1.07 bits per heavy atom. The molecule has 4 rings (SSSR count). The predicted octanol–water partition coefficient (Wildman–Crippen LogP) is 5.19. The minimum absolute atomic E-state index is 0.0403. The minimum Gasteiger partial charge on any atom is -0.340 e. The first-order chi connectivity index (χ1) is 13.4. The number of aromatic nitrogens is 1. The molecule has 1 N–H and O–H groups in total. The van der Waals surface area contributed by atoms with E-state index in [9.17, 15) is 8.42 Å². The van der Waals surface area contributed by atoms with Crippen molar-refractivity contribution in [3.63, 3.8) is 0 Å². The summed E-state index contributed by atoms with van der Waals surface area (Å²) >= 11 is 5.91. The van der Waals surface area contributed by atoms with Gasteiger partial charge in [-0.3, -0.25) is 0 Å². The summed E-state index contributed by atoms with van der Waals surface area (Å²) in [6.07, 6.45) is 2.91. The number of benzene rings is 2. The van der Waals surface area contributed by atoms with Crippen LogP contribution in [0.3, 0.4) is 0 Å². The van der Waals surface area contributed by atoms with Gasteiger partial charge in [0.05, 0.1) is 10.4 Å². The van der Waals surface area contributed by atoms with E-state index in [4.69, 9.17) is 11.6 Å². The molecule has 2 aromatic carbocycles. The molecule has 3 aromatic rings. The number of piperidine rings is 1. The van der Waals surface area contributed by atoms with Gasteiger partial charge in [-0.2, -0.15) is 4.31 Å². The standard InChI is InChI=1S/C21H22ClN3O2S/c1-15-4-2-3-13-25(15)28(26,27)19-10-11-20-16(14-19)5-12-21(24-20)23-18-8-6-17(22)7-9-18/h5-12,14-15H,2-4,13H2,1H3,(H,23,24)/t15-/m0/s1. The van der Waals surface area contributed by atoms with Crippen molar-refractivity contribution >= 4 is 44.0 Å². The van der Waals surface area contributed by atoms with Crippen LogP contribution in [0, 0.1) is 0 Å². The molecule has 1 aliphatic rings. The van der Waals surface area contributed by atoms with Crippen LogP contribution >= 0.6 is 11.6 Å². The fraction of sp³-hybridized carbons (Fsp3) is 0.286. The third-order valence-electron chi connectivity index (χ3n) is 5.13. The lowest BCUT2D eigenvalue weighted by Gasteiger charge is -2.32. The highest BCUT2D eigenvalue weighted by Gasteiger charge is 2.31. The average Bonchev–Trinajstić information content (AvgIpc) is 2.69. The first-order valence-corrected chi connectivity index (χ1v) is 11.2. The van der Waals surface area contributed by atoms with Crippen LogP contribution in [0.1, 0.15) is 26.2 Å². The third-order valence-corrected chi connectivity index (χ3v) is 7.39. The SMILES string of the molecule is C[C@H]1CCCCN1S(=O)(=O)c1ccc2nc(Nc3ccc(Cl)cc3)ccc2c1. The van der Waals surface area contributed by atoms with E-state index < -0.39 is 10.0 Å². The molecule has 0 bridgehead atoms. The van der Waals surface area contributed by atoms with Gasteiger partial charge in [-0.25, -0.2) is 13.4 Å². The Morgan fingerprint density at radius 2 is 1.86 bits per heavy atom. The molecule has 5 nitrogen and oxygen atoms in total. The van der Waals surface area contributed by atoms with E-state index in [1.54, 1.807) is 22.5 Å². The fourth-order valence-electron chi connectivity index (χ4n) is 3.58. The smallest absolute Gasteiger partial charge is 0.243 e. The number of halogens is 1. The maximum absolute atomic E-state index is 13.1. The highest BCUT2D eigenvalue weighted by molar-refractivity contribution is 7.89. The molecule has 146 valence electrons. The van der Waals surface area contributed by atoms with Crippen molar-refractivity contribution < 1.29 is 8.42 Å². The Morgan fingerprint density at radius 3 is 2.61 bits per heavy atom. The van der Waals surface area contributed by atoms with Crippen LogP contribution in [0.2, 0.25) is 5.02 Å². The number of hydrogen-bond donors (Lipinski definition) is 1. The minimum atomic E-state index is -3.49. The molecule has 0 aliphatic carbocycles. The predicted molar refractivity (Wildman–Crippen MR) is 114 cm³/mol. The maximum Gasteiger partial charge on any atom is 0.243 e. The molecule has 0 unspecified atom stereocenters. The number of nitrogens with one attached hydrogen (secondary N) is 1. The lowest BCUT2D eigenvalue weighted by Crippen LogP contribution is -2.41. The van der Waals surface area contributed by atoms with Crippen molar-refractivity contribution in [2.75, 3.05) is 11.9 Å². The van der Waals surface area contributed by atoms with Crippen LogP contribution in [-0.2, 0) is 10.0 Å². The van der Waals surface area contributed by atoms with Crippen LogP contribution in [0.5, 0.6) is 0 Å². The van der Waals surface area contributed by atoms with Crippen LogP contribution in [-0.4, -0.2) is 30.3 Å². The van der Waals surface area contributed by atoms with Crippen molar-refractivity contribution in [1.82, 2.24) is 9.29 Å². The highest BCUT2D eigenvalue weighted by Crippen LogP contribution is 2.28. The molecular weight excluding hydrogens is 394 g/mol. The molecule has 0 spiro atoms.